The molecule has 2 aliphatic heterocycles. The van der Waals surface area contributed by atoms with Crippen LogP contribution >= 0.6 is 11.3 Å². The zero-order chi connectivity index (χ0) is 25.0. The molecule has 0 unspecified atom stereocenters. The lowest BCUT2D eigenvalue weighted by Gasteiger charge is -2.30. The molecule has 2 aromatic heterocycles. The highest BCUT2D eigenvalue weighted by Gasteiger charge is 2.25. The highest BCUT2D eigenvalue weighted by atomic mass is 32.1. The van der Waals surface area contributed by atoms with E-state index in [1.165, 1.54) is 5.39 Å². The molecule has 190 valence electrons. The number of rotatable bonds is 6. The summed E-state index contributed by atoms with van der Waals surface area (Å²) in [4.78, 5) is 27.4. The van der Waals surface area contributed by atoms with Crippen LogP contribution in [0.15, 0.2) is 66.0 Å². The van der Waals surface area contributed by atoms with Crippen molar-refractivity contribution in [1.29, 1.82) is 0 Å². The smallest absolute Gasteiger partial charge is 0.275 e. The fraction of sp³-hybridized carbons (Fsp3) is 0.345. The average molecular weight is 514 g/mol. The fourth-order valence-electron chi connectivity index (χ4n) is 5.19. The van der Waals surface area contributed by atoms with Crippen LogP contribution in [0.4, 0.5) is 11.4 Å². The number of carbonyl (C=O) groups is 1. The minimum absolute atomic E-state index is 0.150. The maximum atomic E-state index is 13.1. The number of thiazole rings is 1. The minimum Gasteiger partial charge on any atom is -0.378 e. The highest BCUT2D eigenvalue weighted by Crippen LogP contribution is 2.32. The number of hydrogen-bond donors (Lipinski definition) is 1. The summed E-state index contributed by atoms with van der Waals surface area (Å²) in [5.41, 5.74) is 4.51. The van der Waals surface area contributed by atoms with Crippen LogP contribution in [0.5, 0.6) is 0 Å². The van der Waals surface area contributed by atoms with E-state index in [1.807, 2.05) is 35.7 Å². The third-order valence-corrected chi connectivity index (χ3v) is 8.24. The molecule has 0 aliphatic carbocycles. The second-order valence-electron chi connectivity index (χ2n) is 9.69. The zero-order valence-corrected chi connectivity index (χ0v) is 21.6. The Labute approximate surface area is 221 Å². The number of para-hydroxylation sites is 3. The predicted octanol–water partition coefficient (Wildman–Crippen LogP) is 5.16. The number of hydrogen-bond acceptors (Lipinski definition) is 7. The van der Waals surface area contributed by atoms with Crippen LogP contribution in [0.2, 0.25) is 0 Å². The summed E-state index contributed by atoms with van der Waals surface area (Å²) in [6.07, 6.45) is 2.09. The number of fused-ring (bicyclic) bond motifs is 1. The van der Waals surface area contributed by atoms with Gasteiger partial charge in [-0.25, -0.2) is 4.98 Å². The Morgan fingerprint density at radius 3 is 2.59 bits per heavy atom. The van der Waals surface area contributed by atoms with Crippen molar-refractivity contribution in [2.45, 2.75) is 25.3 Å². The average Bonchev–Trinajstić information content (AvgIpc) is 3.45. The van der Waals surface area contributed by atoms with E-state index in [0.717, 1.165) is 73.2 Å². The van der Waals surface area contributed by atoms with Gasteiger partial charge in [0.15, 0.2) is 0 Å². The van der Waals surface area contributed by atoms with E-state index in [1.54, 1.807) is 11.3 Å². The Balaban J connectivity index is 1.06. The standard InChI is InChI=1S/C29H31N5O2S/c35-28(31-25-7-3-4-8-27(25)34-15-17-36-18-16-34)26-20-37-29(32-26)22-11-13-33(14-12-22)19-23-10-9-21-5-1-2-6-24(21)30-23/h1-10,20,22H,11-19H2,(H,31,35). The Morgan fingerprint density at radius 1 is 0.946 bits per heavy atom. The van der Waals surface area contributed by atoms with Crippen molar-refractivity contribution in [3.63, 3.8) is 0 Å². The molecule has 4 aromatic rings. The second kappa shape index (κ2) is 11.0. The predicted molar refractivity (Wildman–Crippen MR) is 149 cm³/mol. The van der Waals surface area contributed by atoms with E-state index >= 15 is 0 Å². The van der Waals surface area contributed by atoms with Crippen LogP contribution < -0.4 is 10.2 Å². The Morgan fingerprint density at radius 2 is 1.73 bits per heavy atom. The van der Waals surface area contributed by atoms with Gasteiger partial charge < -0.3 is 15.0 Å². The monoisotopic (exact) mass is 513 g/mol. The molecule has 4 heterocycles. The van der Waals surface area contributed by atoms with Crippen LogP contribution in [0.3, 0.4) is 0 Å². The first-order valence-corrected chi connectivity index (χ1v) is 13.9. The number of ether oxygens (including phenoxy) is 1. The van der Waals surface area contributed by atoms with Gasteiger partial charge in [0.2, 0.25) is 0 Å². The Kier molecular flexibility index (Phi) is 7.12. The summed E-state index contributed by atoms with van der Waals surface area (Å²) < 4.78 is 5.48. The molecule has 37 heavy (non-hydrogen) atoms. The first-order valence-electron chi connectivity index (χ1n) is 13.0. The van der Waals surface area contributed by atoms with E-state index in [0.29, 0.717) is 24.8 Å². The molecule has 7 nitrogen and oxygen atoms in total. The molecular formula is C29H31N5O2S. The van der Waals surface area contributed by atoms with Crippen LogP contribution in [0, 0.1) is 0 Å². The van der Waals surface area contributed by atoms with Crippen molar-refractivity contribution < 1.29 is 9.53 Å². The maximum absolute atomic E-state index is 13.1. The molecule has 2 saturated heterocycles. The molecule has 1 N–H and O–H groups in total. The number of carbonyl (C=O) groups excluding carboxylic acids is 1. The number of amides is 1. The molecule has 6 rings (SSSR count). The molecule has 0 radical (unpaired) electrons. The summed E-state index contributed by atoms with van der Waals surface area (Å²) in [7, 11) is 0. The number of morpholine rings is 1. The zero-order valence-electron chi connectivity index (χ0n) is 20.8. The number of aromatic nitrogens is 2. The third-order valence-electron chi connectivity index (χ3n) is 7.24. The molecule has 0 atom stereocenters. The van der Waals surface area contributed by atoms with E-state index < -0.39 is 0 Å². The summed E-state index contributed by atoms with van der Waals surface area (Å²) in [6, 6.07) is 20.5. The SMILES string of the molecule is O=C(Nc1ccccc1N1CCOCC1)c1csc(C2CCN(Cc3ccc4ccccc4n3)CC2)n1. The quantitative estimate of drug-likeness (QED) is 0.384. The highest BCUT2D eigenvalue weighted by molar-refractivity contribution is 7.10. The maximum Gasteiger partial charge on any atom is 0.275 e. The van der Waals surface area contributed by atoms with Gasteiger partial charge in [-0.2, -0.15) is 0 Å². The molecule has 1 amide bonds. The van der Waals surface area contributed by atoms with Gasteiger partial charge >= 0.3 is 0 Å². The topological polar surface area (TPSA) is 70.6 Å². The van der Waals surface area contributed by atoms with Gasteiger partial charge in [-0.15, -0.1) is 11.3 Å². The van der Waals surface area contributed by atoms with Crippen molar-refractivity contribution in [2.75, 3.05) is 49.6 Å². The lowest BCUT2D eigenvalue weighted by molar-refractivity contribution is 0.102. The van der Waals surface area contributed by atoms with Gasteiger partial charge in [-0.3, -0.25) is 14.7 Å². The summed E-state index contributed by atoms with van der Waals surface area (Å²) in [6.45, 7) is 5.93. The van der Waals surface area contributed by atoms with Crippen LogP contribution in [-0.2, 0) is 11.3 Å². The Hall–Kier alpha value is -3.33. The van der Waals surface area contributed by atoms with Gasteiger partial charge in [0.1, 0.15) is 5.69 Å². The van der Waals surface area contributed by atoms with Gasteiger partial charge in [0.05, 0.1) is 40.8 Å². The molecule has 2 aromatic carbocycles. The number of piperidine rings is 1. The van der Waals surface area contributed by atoms with Crippen molar-refractivity contribution in [3.05, 3.63) is 82.4 Å². The van der Waals surface area contributed by atoms with Gasteiger partial charge in [-0.05, 0) is 50.2 Å². The van der Waals surface area contributed by atoms with E-state index in [4.69, 9.17) is 14.7 Å². The van der Waals surface area contributed by atoms with Gasteiger partial charge in [0.25, 0.3) is 5.91 Å². The van der Waals surface area contributed by atoms with Crippen molar-refractivity contribution in [3.8, 4) is 0 Å². The lowest BCUT2D eigenvalue weighted by Crippen LogP contribution is -2.36. The molecule has 0 bridgehead atoms. The minimum atomic E-state index is -0.150. The summed E-state index contributed by atoms with van der Waals surface area (Å²) in [5, 5.41) is 7.23. The Bertz CT molecular complexity index is 1380. The van der Waals surface area contributed by atoms with Gasteiger partial charge in [-0.1, -0.05) is 36.4 Å². The molecule has 2 fully saturated rings. The van der Waals surface area contributed by atoms with E-state index in [2.05, 4.69) is 45.4 Å². The second-order valence-corrected chi connectivity index (χ2v) is 10.6. The first kappa shape index (κ1) is 24.0. The number of nitrogens with zero attached hydrogens (tertiary/aromatic N) is 4. The summed E-state index contributed by atoms with van der Waals surface area (Å²) in [5.74, 6) is 0.246. The first-order chi connectivity index (χ1) is 18.2. The number of nitrogens with one attached hydrogen (secondary N) is 1. The molecule has 2 aliphatic rings. The largest absolute Gasteiger partial charge is 0.378 e. The van der Waals surface area contributed by atoms with Crippen LogP contribution in [-0.4, -0.2) is 60.2 Å². The van der Waals surface area contributed by atoms with Crippen molar-refractivity contribution >= 4 is 39.5 Å². The molecular weight excluding hydrogens is 482 g/mol. The van der Waals surface area contributed by atoms with Gasteiger partial charge in [0, 0.05) is 36.3 Å². The lowest BCUT2D eigenvalue weighted by atomic mass is 9.97. The summed E-state index contributed by atoms with van der Waals surface area (Å²) >= 11 is 1.60. The molecule has 8 heteroatoms. The van der Waals surface area contributed by atoms with Crippen LogP contribution in [0.25, 0.3) is 10.9 Å². The van der Waals surface area contributed by atoms with E-state index in [-0.39, 0.29) is 5.91 Å². The van der Waals surface area contributed by atoms with Crippen molar-refractivity contribution in [1.82, 2.24) is 14.9 Å². The molecule has 0 saturated carbocycles. The third kappa shape index (κ3) is 5.51. The number of benzene rings is 2. The number of pyridine rings is 1. The van der Waals surface area contributed by atoms with E-state index in [9.17, 15) is 4.79 Å². The fourth-order valence-corrected chi connectivity index (χ4v) is 6.16. The van der Waals surface area contributed by atoms with Crippen molar-refractivity contribution in [2.24, 2.45) is 0 Å². The normalized spacial score (nSPS) is 17.2. The van der Waals surface area contributed by atoms with Crippen LogP contribution in [0.1, 0.15) is 39.9 Å². The molecule has 0 spiro atoms. The number of anilines is 2. The number of likely N-dealkylation sites (tertiary alicyclic amines) is 1.